The first-order chi connectivity index (χ1) is 23.3. The average Bonchev–Trinajstić information content (AvgIpc) is 3.47. The normalized spacial score (nSPS) is 21.8. The molecule has 5 N–H and O–H groups in total. The number of alkyl carbamates (subject to hydrolysis) is 1. The zero-order valence-corrected chi connectivity index (χ0v) is 27.8. The molecule has 0 aliphatic carbocycles. The molecule has 2 aliphatic heterocycles. The Balaban J connectivity index is 1.45. The maximum atomic E-state index is 14.3. The summed E-state index contributed by atoms with van der Waals surface area (Å²) in [7, 11) is 0. The molecule has 3 aromatic carbocycles. The van der Waals surface area contributed by atoms with Crippen LogP contribution >= 0.6 is 0 Å². The third-order valence-corrected chi connectivity index (χ3v) is 8.43. The maximum Gasteiger partial charge on any atom is 0.408 e. The molecule has 2 saturated heterocycles. The summed E-state index contributed by atoms with van der Waals surface area (Å²) in [6, 6.07) is 19.9. The quantitative estimate of drug-likeness (QED) is 0.246. The number of likely N-dealkylation sites (tertiary alicyclic amines) is 1. The fourth-order valence-corrected chi connectivity index (χ4v) is 6.11. The van der Waals surface area contributed by atoms with Crippen LogP contribution in [-0.2, 0) is 43.2 Å². The number of aromatic hydroxyl groups is 1. The molecule has 2 heterocycles. The van der Waals surface area contributed by atoms with E-state index in [1.54, 1.807) is 32.9 Å². The number of carbonyl (C=O) groups excluding carboxylic acids is 5. The number of carbonyl (C=O) groups is 5. The van der Waals surface area contributed by atoms with Crippen molar-refractivity contribution in [1.82, 2.24) is 26.2 Å². The van der Waals surface area contributed by atoms with Crippen molar-refractivity contribution in [2.75, 3.05) is 6.54 Å². The summed E-state index contributed by atoms with van der Waals surface area (Å²) in [5.74, 6) is -2.03. The summed E-state index contributed by atoms with van der Waals surface area (Å²) in [6.45, 7) is 5.11. The van der Waals surface area contributed by atoms with Gasteiger partial charge < -0.3 is 36.0 Å². The zero-order chi connectivity index (χ0) is 35.1. The Hall–Kier alpha value is -5.39. The van der Waals surface area contributed by atoms with Gasteiger partial charge in [-0.15, -0.1) is 0 Å². The van der Waals surface area contributed by atoms with Crippen molar-refractivity contribution in [2.45, 2.75) is 82.3 Å². The summed E-state index contributed by atoms with van der Waals surface area (Å²) in [6.07, 6.45) is -0.291. The highest BCUT2D eigenvalue weighted by atomic mass is 16.6. The Bertz CT molecular complexity index is 1640. The summed E-state index contributed by atoms with van der Waals surface area (Å²) in [5.41, 5.74) is 1.46. The number of amides is 5. The van der Waals surface area contributed by atoms with E-state index in [1.807, 2.05) is 60.7 Å². The lowest BCUT2D eigenvalue weighted by molar-refractivity contribution is -0.141. The van der Waals surface area contributed by atoms with Crippen LogP contribution in [0.4, 0.5) is 4.79 Å². The van der Waals surface area contributed by atoms with Crippen molar-refractivity contribution in [3.63, 3.8) is 0 Å². The number of rotatable bonds is 8. The lowest BCUT2D eigenvalue weighted by atomic mass is 10.0. The second-order valence-corrected chi connectivity index (χ2v) is 13.5. The van der Waals surface area contributed by atoms with Gasteiger partial charge in [0.05, 0.1) is 0 Å². The van der Waals surface area contributed by atoms with E-state index in [0.717, 1.165) is 11.1 Å². The van der Waals surface area contributed by atoms with Gasteiger partial charge in [0.1, 0.15) is 35.5 Å². The van der Waals surface area contributed by atoms with Gasteiger partial charge >= 0.3 is 6.09 Å². The summed E-state index contributed by atoms with van der Waals surface area (Å²) in [5, 5.41) is 21.1. The minimum atomic E-state index is -1.15. The van der Waals surface area contributed by atoms with Crippen LogP contribution in [0.25, 0.3) is 0 Å². The van der Waals surface area contributed by atoms with Crippen LogP contribution in [0.3, 0.4) is 0 Å². The second kappa shape index (κ2) is 15.2. The van der Waals surface area contributed by atoms with E-state index in [-0.39, 0.29) is 38.0 Å². The molecule has 12 nitrogen and oxygen atoms in total. The third kappa shape index (κ3) is 9.59. The van der Waals surface area contributed by atoms with Gasteiger partial charge in [0.2, 0.25) is 23.6 Å². The van der Waals surface area contributed by atoms with E-state index in [9.17, 15) is 29.1 Å². The average molecular weight is 670 g/mol. The molecule has 49 heavy (non-hydrogen) atoms. The zero-order valence-electron chi connectivity index (χ0n) is 27.8. The van der Waals surface area contributed by atoms with Gasteiger partial charge in [-0.3, -0.25) is 19.2 Å². The van der Waals surface area contributed by atoms with Crippen molar-refractivity contribution in [2.24, 2.45) is 0 Å². The minimum absolute atomic E-state index is 0.0000909. The number of nitrogens with zero attached hydrogens (tertiary/aromatic N) is 1. The summed E-state index contributed by atoms with van der Waals surface area (Å²) < 4.78 is 5.45. The van der Waals surface area contributed by atoms with Gasteiger partial charge in [-0.25, -0.2) is 4.79 Å². The van der Waals surface area contributed by atoms with E-state index in [0.29, 0.717) is 5.56 Å². The van der Waals surface area contributed by atoms with Crippen molar-refractivity contribution in [3.05, 3.63) is 102 Å². The monoisotopic (exact) mass is 669 g/mol. The predicted molar refractivity (Wildman–Crippen MR) is 181 cm³/mol. The molecule has 5 amide bonds. The van der Waals surface area contributed by atoms with E-state index in [2.05, 4.69) is 21.3 Å². The number of phenolic OH excluding ortho intramolecular Hbond substituents is 1. The van der Waals surface area contributed by atoms with Crippen molar-refractivity contribution in [1.29, 1.82) is 0 Å². The fraction of sp³-hybridized carbons (Fsp3) is 0.378. The Morgan fingerprint density at radius 2 is 1.33 bits per heavy atom. The molecule has 258 valence electrons. The van der Waals surface area contributed by atoms with Crippen LogP contribution < -0.4 is 21.3 Å². The Morgan fingerprint density at radius 3 is 1.88 bits per heavy atom. The van der Waals surface area contributed by atoms with E-state index in [4.69, 9.17) is 4.74 Å². The second-order valence-electron chi connectivity index (χ2n) is 13.5. The smallest absolute Gasteiger partial charge is 0.408 e. The number of nitrogens with one attached hydrogen (secondary N) is 4. The third-order valence-electron chi connectivity index (χ3n) is 8.43. The highest BCUT2D eigenvalue weighted by Gasteiger charge is 2.45. The number of benzene rings is 3. The molecule has 2 fully saturated rings. The standard InChI is InChI=1S/C37H43N5O7/c1-37(2,3)49-36(48)41-30(20-25-14-16-27(43)17-15-25)35(47)42-22-26-21-31(42)34(46)40-29(19-24-12-8-5-9-13-24)33(45)39-28(32(44)38-26)18-23-10-6-4-7-11-23/h4-17,26,28-31,43H,18-22H2,1-3H3,(H,38,44)(H,39,45)(H,40,46)(H,41,48)/t26-,28+,29+,30-,31-/m0/s1. The predicted octanol–water partition coefficient (Wildman–Crippen LogP) is 2.38. The van der Waals surface area contributed by atoms with Gasteiger partial charge in [0.15, 0.2) is 0 Å². The lowest BCUT2D eigenvalue weighted by Gasteiger charge is -2.31. The van der Waals surface area contributed by atoms with Crippen LogP contribution in [0.2, 0.25) is 0 Å². The molecule has 5 rings (SSSR count). The molecule has 5 atom stereocenters. The van der Waals surface area contributed by atoms with Gasteiger partial charge in [-0.05, 0) is 56.0 Å². The number of hydrogen-bond acceptors (Lipinski definition) is 7. The highest BCUT2D eigenvalue weighted by molar-refractivity contribution is 5.97. The molecular weight excluding hydrogens is 626 g/mol. The molecule has 3 aromatic rings. The van der Waals surface area contributed by atoms with Crippen LogP contribution in [0, 0.1) is 0 Å². The molecule has 2 bridgehead atoms. The first-order valence-corrected chi connectivity index (χ1v) is 16.4. The fourth-order valence-electron chi connectivity index (χ4n) is 6.11. The molecule has 0 aromatic heterocycles. The number of ether oxygens (including phenoxy) is 1. The Kier molecular flexibility index (Phi) is 10.9. The molecule has 12 heteroatoms. The maximum absolute atomic E-state index is 14.3. The van der Waals surface area contributed by atoms with E-state index < -0.39 is 65.5 Å². The first kappa shape index (κ1) is 34.9. The number of hydrogen-bond donors (Lipinski definition) is 5. The van der Waals surface area contributed by atoms with Gasteiger partial charge in [-0.1, -0.05) is 72.8 Å². The van der Waals surface area contributed by atoms with Crippen molar-refractivity contribution < 1.29 is 33.8 Å². The number of phenols is 1. The highest BCUT2D eigenvalue weighted by Crippen LogP contribution is 2.23. The van der Waals surface area contributed by atoms with Gasteiger partial charge in [0.25, 0.3) is 0 Å². The van der Waals surface area contributed by atoms with Gasteiger partial charge in [0, 0.05) is 31.8 Å². The summed E-state index contributed by atoms with van der Waals surface area (Å²) >= 11 is 0. The van der Waals surface area contributed by atoms with Crippen LogP contribution in [0.1, 0.15) is 43.9 Å². The molecule has 2 aliphatic rings. The number of fused-ring (bicyclic) bond motifs is 2. The SMILES string of the molecule is CC(C)(C)OC(=O)N[C@@H](Cc1ccc(O)cc1)C(=O)N1C[C@@H]2C[C@H]1C(=O)N[C@H](Cc1ccccc1)C(=O)N[C@H](Cc1ccccc1)C(=O)N2. The minimum Gasteiger partial charge on any atom is -0.508 e. The molecule has 0 unspecified atom stereocenters. The van der Waals surface area contributed by atoms with Crippen LogP contribution in [0.15, 0.2) is 84.9 Å². The molecule has 0 spiro atoms. The van der Waals surface area contributed by atoms with Crippen molar-refractivity contribution >= 4 is 29.7 Å². The van der Waals surface area contributed by atoms with Crippen molar-refractivity contribution in [3.8, 4) is 5.75 Å². The Labute approximate surface area is 285 Å². The van der Waals surface area contributed by atoms with Gasteiger partial charge in [-0.2, -0.15) is 0 Å². The van der Waals surface area contributed by atoms with Crippen LogP contribution in [-0.4, -0.2) is 82.1 Å². The summed E-state index contributed by atoms with van der Waals surface area (Å²) in [4.78, 5) is 70.1. The first-order valence-electron chi connectivity index (χ1n) is 16.4. The largest absolute Gasteiger partial charge is 0.508 e. The molecule has 0 radical (unpaired) electrons. The molecule has 0 saturated carbocycles. The molecular formula is C37H43N5O7. The lowest BCUT2D eigenvalue weighted by Crippen LogP contribution is -2.59. The topological polar surface area (TPSA) is 166 Å². The van der Waals surface area contributed by atoms with Crippen LogP contribution in [0.5, 0.6) is 5.75 Å². The Morgan fingerprint density at radius 1 is 0.796 bits per heavy atom. The van der Waals surface area contributed by atoms with E-state index in [1.165, 1.54) is 17.0 Å². The van der Waals surface area contributed by atoms with E-state index >= 15 is 0 Å².